The molecule has 0 unspecified atom stereocenters. The third kappa shape index (κ3) is 2.58. The van der Waals surface area contributed by atoms with Gasteiger partial charge < -0.3 is 10.5 Å². The quantitative estimate of drug-likeness (QED) is 0.795. The van der Waals surface area contributed by atoms with Gasteiger partial charge in [-0.2, -0.15) is 20.0 Å². The van der Waals surface area contributed by atoms with Crippen LogP contribution in [0.1, 0.15) is 11.3 Å². The van der Waals surface area contributed by atoms with Crippen LogP contribution < -0.4 is 10.5 Å². The van der Waals surface area contributed by atoms with Crippen LogP contribution in [0.4, 0.5) is 5.82 Å². The van der Waals surface area contributed by atoms with Crippen molar-refractivity contribution in [1.82, 2.24) is 19.7 Å². The normalized spacial score (nSPS) is 10.3. The molecule has 0 bridgehead atoms. The maximum absolute atomic E-state index is 9.15. The summed E-state index contributed by atoms with van der Waals surface area (Å²) < 4.78 is 6.66. The Morgan fingerprint density at radius 3 is 2.57 bits per heavy atom. The van der Waals surface area contributed by atoms with E-state index in [2.05, 4.69) is 15.1 Å². The molecule has 0 aliphatic rings. The number of aryl methyl sites for hydroxylation is 1. The summed E-state index contributed by atoms with van der Waals surface area (Å²) in [7, 11) is 1.53. The Labute approximate surface area is 133 Å². The van der Waals surface area contributed by atoms with E-state index >= 15 is 0 Å². The van der Waals surface area contributed by atoms with Gasteiger partial charge >= 0.3 is 0 Å². The highest BCUT2D eigenvalue weighted by molar-refractivity contribution is 5.59. The van der Waals surface area contributed by atoms with E-state index < -0.39 is 0 Å². The Hall–Kier alpha value is -3.40. The minimum atomic E-state index is 0.241. The van der Waals surface area contributed by atoms with Crippen molar-refractivity contribution in [2.24, 2.45) is 0 Å². The maximum Gasteiger partial charge on any atom is 0.218 e. The molecule has 0 amide bonds. The van der Waals surface area contributed by atoms with Gasteiger partial charge in [0.05, 0.1) is 12.8 Å². The summed E-state index contributed by atoms with van der Waals surface area (Å²) in [4.78, 5) is 8.84. The molecule has 0 spiro atoms. The molecular formula is C16H14N6O. The van der Waals surface area contributed by atoms with Crippen molar-refractivity contribution >= 4 is 5.82 Å². The molecular weight excluding hydrogens is 292 g/mol. The highest BCUT2D eigenvalue weighted by Gasteiger charge is 2.16. The molecule has 7 heteroatoms. The molecule has 0 atom stereocenters. The lowest BCUT2D eigenvalue weighted by atomic mass is 10.2. The fraction of sp³-hybridized carbons (Fsp3) is 0.125. The van der Waals surface area contributed by atoms with E-state index in [1.165, 1.54) is 11.8 Å². The number of hydrogen-bond acceptors (Lipinski definition) is 6. The summed E-state index contributed by atoms with van der Waals surface area (Å²) in [5.74, 6) is 1.56. The van der Waals surface area contributed by atoms with Crippen LogP contribution in [0.2, 0.25) is 0 Å². The van der Waals surface area contributed by atoms with Crippen LogP contribution in [-0.4, -0.2) is 26.9 Å². The summed E-state index contributed by atoms with van der Waals surface area (Å²) in [6.45, 7) is 1.72. The Balaban J connectivity index is 2.19. The molecule has 0 radical (unpaired) electrons. The fourth-order valence-electron chi connectivity index (χ4n) is 2.20. The first-order valence-corrected chi connectivity index (χ1v) is 6.88. The number of aromatic nitrogens is 4. The molecule has 0 saturated carbocycles. The average Bonchev–Trinajstić information content (AvgIpc) is 2.89. The number of rotatable bonds is 3. The number of nitrogen functional groups attached to an aromatic ring is 1. The number of ether oxygens (including phenoxy) is 1. The third-order valence-electron chi connectivity index (χ3n) is 3.36. The molecule has 3 rings (SSSR count). The van der Waals surface area contributed by atoms with Crippen LogP contribution in [-0.2, 0) is 0 Å². The van der Waals surface area contributed by atoms with E-state index in [-0.39, 0.29) is 5.82 Å². The third-order valence-corrected chi connectivity index (χ3v) is 3.36. The number of nitrogens with two attached hydrogens (primary N) is 1. The number of methoxy groups -OCH3 is 1. The molecule has 0 aliphatic carbocycles. The van der Waals surface area contributed by atoms with Crippen LogP contribution in [0.3, 0.4) is 0 Å². The first-order chi connectivity index (χ1) is 11.1. The lowest BCUT2D eigenvalue weighted by molar-refractivity contribution is 0.397. The summed E-state index contributed by atoms with van der Waals surface area (Å²) in [5, 5.41) is 13.4. The van der Waals surface area contributed by atoms with Crippen molar-refractivity contribution in [3.8, 4) is 29.2 Å². The zero-order chi connectivity index (χ0) is 16.4. The molecule has 2 aromatic heterocycles. The van der Waals surface area contributed by atoms with E-state index in [0.717, 1.165) is 5.56 Å². The number of nitrogens with zero attached hydrogens (tertiary/aromatic N) is 5. The second-order valence-corrected chi connectivity index (χ2v) is 4.83. The predicted octanol–water partition coefficient (Wildman–Crippen LogP) is 2.10. The second-order valence-electron chi connectivity index (χ2n) is 4.83. The largest absolute Gasteiger partial charge is 0.481 e. The molecule has 3 aromatic rings. The molecule has 7 nitrogen and oxygen atoms in total. The minimum Gasteiger partial charge on any atom is -0.481 e. The Kier molecular flexibility index (Phi) is 3.65. The number of anilines is 1. The van der Waals surface area contributed by atoms with Crippen LogP contribution in [0.15, 0.2) is 36.4 Å². The summed E-state index contributed by atoms with van der Waals surface area (Å²) in [5.41, 5.74) is 7.73. The maximum atomic E-state index is 9.15. The van der Waals surface area contributed by atoms with Gasteiger partial charge in [0, 0.05) is 11.6 Å². The van der Waals surface area contributed by atoms with Crippen molar-refractivity contribution < 1.29 is 4.74 Å². The Morgan fingerprint density at radius 2 is 1.96 bits per heavy atom. The second kappa shape index (κ2) is 5.77. The van der Waals surface area contributed by atoms with Crippen LogP contribution in [0.5, 0.6) is 5.88 Å². The number of nitriles is 1. The van der Waals surface area contributed by atoms with Crippen LogP contribution in [0.25, 0.3) is 17.2 Å². The zero-order valence-electron chi connectivity index (χ0n) is 12.7. The van der Waals surface area contributed by atoms with E-state index in [0.29, 0.717) is 28.8 Å². The molecule has 0 saturated heterocycles. The molecule has 2 heterocycles. The monoisotopic (exact) mass is 306 g/mol. The average molecular weight is 306 g/mol. The fourth-order valence-corrected chi connectivity index (χ4v) is 2.20. The molecule has 0 fully saturated rings. The molecule has 23 heavy (non-hydrogen) atoms. The van der Waals surface area contributed by atoms with Crippen molar-refractivity contribution in [2.45, 2.75) is 6.92 Å². The Morgan fingerprint density at radius 1 is 1.22 bits per heavy atom. The van der Waals surface area contributed by atoms with Gasteiger partial charge in [-0.25, -0.2) is 4.98 Å². The van der Waals surface area contributed by atoms with Gasteiger partial charge in [0.25, 0.3) is 0 Å². The highest BCUT2D eigenvalue weighted by Crippen LogP contribution is 2.24. The van der Waals surface area contributed by atoms with Crippen LogP contribution in [0, 0.1) is 18.3 Å². The van der Waals surface area contributed by atoms with Crippen molar-refractivity contribution in [3.63, 3.8) is 0 Å². The van der Waals surface area contributed by atoms with Gasteiger partial charge in [-0.05, 0) is 6.92 Å². The number of benzene rings is 1. The van der Waals surface area contributed by atoms with Crippen LogP contribution >= 0.6 is 0 Å². The van der Waals surface area contributed by atoms with Gasteiger partial charge in [-0.1, -0.05) is 30.3 Å². The summed E-state index contributed by atoms with van der Waals surface area (Å²) in [6.07, 6.45) is 0. The van der Waals surface area contributed by atoms with E-state index in [9.17, 15) is 0 Å². The van der Waals surface area contributed by atoms with Gasteiger partial charge in [-0.15, -0.1) is 0 Å². The van der Waals surface area contributed by atoms with E-state index in [1.807, 2.05) is 36.4 Å². The SMILES string of the molecule is COc1cc(-n2nc(C)c(C#N)c2N)nc(-c2ccccc2)n1. The first-order valence-electron chi connectivity index (χ1n) is 6.88. The summed E-state index contributed by atoms with van der Waals surface area (Å²) >= 11 is 0. The molecule has 2 N–H and O–H groups in total. The predicted molar refractivity (Wildman–Crippen MR) is 85.0 cm³/mol. The van der Waals surface area contributed by atoms with Gasteiger partial charge in [0.1, 0.15) is 17.5 Å². The molecule has 1 aromatic carbocycles. The summed E-state index contributed by atoms with van der Waals surface area (Å²) in [6, 6.07) is 13.2. The smallest absolute Gasteiger partial charge is 0.218 e. The first kappa shape index (κ1) is 14.5. The number of hydrogen-bond donors (Lipinski definition) is 1. The van der Waals surface area contributed by atoms with Gasteiger partial charge in [0.15, 0.2) is 11.6 Å². The van der Waals surface area contributed by atoms with Gasteiger partial charge in [0.2, 0.25) is 5.88 Å². The lowest BCUT2D eigenvalue weighted by Crippen LogP contribution is -2.07. The minimum absolute atomic E-state index is 0.241. The van der Waals surface area contributed by atoms with Gasteiger partial charge in [-0.3, -0.25) is 0 Å². The topological polar surface area (TPSA) is 103 Å². The van der Waals surface area contributed by atoms with Crippen molar-refractivity contribution in [1.29, 1.82) is 5.26 Å². The van der Waals surface area contributed by atoms with Crippen molar-refractivity contribution in [3.05, 3.63) is 47.7 Å². The Bertz CT molecular complexity index is 895. The highest BCUT2D eigenvalue weighted by atomic mass is 16.5. The zero-order valence-corrected chi connectivity index (χ0v) is 12.7. The standard InChI is InChI=1S/C16H14N6O/c1-10-12(9-17)15(18)22(21-10)13-8-14(23-2)20-16(19-13)11-6-4-3-5-7-11/h3-8H,18H2,1-2H3. The molecule has 114 valence electrons. The lowest BCUT2D eigenvalue weighted by Gasteiger charge is -2.08. The van der Waals surface area contributed by atoms with E-state index in [1.54, 1.807) is 13.0 Å². The van der Waals surface area contributed by atoms with E-state index in [4.69, 9.17) is 15.7 Å². The molecule has 0 aliphatic heterocycles. The van der Waals surface area contributed by atoms with Crippen molar-refractivity contribution in [2.75, 3.05) is 12.8 Å².